The van der Waals surface area contributed by atoms with E-state index >= 15 is 0 Å². The number of rotatable bonds is 5. The van der Waals surface area contributed by atoms with Gasteiger partial charge in [-0.15, -0.1) is 11.3 Å². The largest absolute Gasteiger partial charge is 0.462 e. The minimum atomic E-state index is -0.520. The maximum atomic E-state index is 12.5. The fourth-order valence-electron chi connectivity index (χ4n) is 2.98. The Morgan fingerprint density at radius 1 is 1.23 bits per heavy atom. The lowest BCUT2D eigenvalue weighted by Gasteiger charge is -2.12. The Labute approximate surface area is 154 Å². The fourth-order valence-corrected chi connectivity index (χ4v) is 4.26. The summed E-state index contributed by atoms with van der Waals surface area (Å²) in [6.07, 6.45) is 3.75. The Morgan fingerprint density at radius 2 is 1.92 bits per heavy atom. The summed E-state index contributed by atoms with van der Waals surface area (Å²) in [5.74, 6) is -0.838. The van der Waals surface area contributed by atoms with E-state index in [0.29, 0.717) is 10.6 Å². The van der Waals surface area contributed by atoms with Gasteiger partial charge in [-0.25, -0.2) is 4.79 Å². The maximum Gasteiger partial charge on any atom is 0.341 e. The second kappa shape index (κ2) is 7.65. The standard InChI is InChI=1S/C18H18N2O5S/c1-2-25-18(22)15-13-5-3-4-6-14(13)26-17(15)19-16(21)11-7-9-12(10-8-11)20(23)24/h7-10H,2-6H2,1H3,(H,19,21). The van der Waals surface area contributed by atoms with Crippen molar-refractivity contribution in [2.24, 2.45) is 0 Å². The fraction of sp³-hybridized carbons (Fsp3) is 0.333. The first-order valence-corrected chi connectivity index (χ1v) is 9.20. The zero-order valence-corrected chi connectivity index (χ0v) is 15.1. The molecule has 1 amide bonds. The molecule has 0 bridgehead atoms. The number of fused-ring (bicyclic) bond motifs is 1. The van der Waals surface area contributed by atoms with Gasteiger partial charge in [-0.3, -0.25) is 14.9 Å². The molecule has 136 valence electrons. The van der Waals surface area contributed by atoms with Gasteiger partial charge in [0.05, 0.1) is 17.1 Å². The lowest BCUT2D eigenvalue weighted by molar-refractivity contribution is -0.384. The number of anilines is 1. The monoisotopic (exact) mass is 374 g/mol. The third-order valence-corrected chi connectivity index (χ3v) is 5.43. The van der Waals surface area contributed by atoms with Crippen LogP contribution in [0.1, 0.15) is 50.9 Å². The van der Waals surface area contributed by atoms with E-state index in [1.807, 2.05) is 0 Å². The Hall–Kier alpha value is -2.74. The summed E-state index contributed by atoms with van der Waals surface area (Å²) in [6, 6.07) is 5.34. The number of thiophene rings is 1. The minimum absolute atomic E-state index is 0.0830. The van der Waals surface area contributed by atoms with Crippen molar-refractivity contribution in [3.63, 3.8) is 0 Å². The van der Waals surface area contributed by atoms with E-state index in [4.69, 9.17) is 4.74 Å². The molecular formula is C18H18N2O5S. The van der Waals surface area contributed by atoms with Crippen LogP contribution in [0.2, 0.25) is 0 Å². The highest BCUT2D eigenvalue weighted by Gasteiger charge is 2.27. The first kappa shape index (κ1) is 18.1. The van der Waals surface area contributed by atoms with Gasteiger partial charge in [-0.1, -0.05) is 0 Å². The normalized spacial score (nSPS) is 13.0. The number of carbonyl (C=O) groups excluding carboxylic acids is 2. The summed E-state index contributed by atoms with van der Waals surface area (Å²) in [5, 5.41) is 14.0. The van der Waals surface area contributed by atoms with Crippen molar-refractivity contribution in [1.82, 2.24) is 0 Å². The molecule has 0 aliphatic heterocycles. The van der Waals surface area contributed by atoms with Crippen molar-refractivity contribution in [1.29, 1.82) is 0 Å². The average molecular weight is 374 g/mol. The molecule has 8 heteroatoms. The number of benzene rings is 1. The lowest BCUT2D eigenvalue weighted by atomic mass is 9.95. The number of carbonyl (C=O) groups is 2. The molecule has 0 radical (unpaired) electrons. The minimum Gasteiger partial charge on any atom is -0.462 e. The summed E-state index contributed by atoms with van der Waals surface area (Å²) in [7, 11) is 0. The molecule has 1 aromatic carbocycles. The number of nitro benzene ring substituents is 1. The first-order valence-electron chi connectivity index (χ1n) is 8.38. The molecule has 2 aromatic rings. The van der Waals surface area contributed by atoms with E-state index in [0.717, 1.165) is 36.1 Å². The topological polar surface area (TPSA) is 98.5 Å². The Morgan fingerprint density at radius 3 is 2.58 bits per heavy atom. The van der Waals surface area contributed by atoms with Gasteiger partial charge in [-0.2, -0.15) is 0 Å². The van der Waals surface area contributed by atoms with E-state index < -0.39 is 16.8 Å². The molecule has 0 saturated carbocycles. The van der Waals surface area contributed by atoms with Crippen LogP contribution in [0.3, 0.4) is 0 Å². The van der Waals surface area contributed by atoms with Gasteiger partial charge in [0, 0.05) is 22.6 Å². The van der Waals surface area contributed by atoms with Crippen molar-refractivity contribution in [2.45, 2.75) is 32.6 Å². The number of ether oxygens (including phenoxy) is 1. The average Bonchev–Trinajstić information content (AvgIpc) is 2.99. The molecule has 26 heavy (non-hydrogen) atoms. The van der Waals surface area contributed by atoms with Gasteiger partial charge in [0.25, 0.3) is 11.6 Å². The molecule has 1 aliphatic rings. The zero-order valence-electron chi connectivity index (χ0n) is 14.2. The van der Waals surface area contributed by atoms with Crippen molar-refractivity contribution in [3.8, 4) is 0 Å². The first-order chi connectivity index (χ1) is 12.5. The van der Waals surface area contributed by atoms with Crippen molar-refractivity contribution >= 4 is 33.9 Å². The van der Waals surface area contributed by atoms with Crippen molar-refractivity contribution < 1.29 is 19.2 Å². The molecule has 3 rings (SSSR count). The van der Waals surface area contributed by atoms with Crippen LogP contribution in [0, 0.1) is 10.1 Å². The van der Waals surface area contributed by atoms with Crippen molar-refractivity contribution in [3.05, 3.63) is 55.9 Å². The molecule has 0 spiro atoms. The van der Waals surface area contributed by atoms with Crippen LogP contribution in [0.5, 0.6) is 0 Å². The maximum absolute atomic E-state index is 12.5. The van der Waals surface area contributed by atoms with Crippen LogP contribution < -0.4 is 5.32 Å². The quantitative estimate of drug-likeness (QED) is 0.485. The Kier molecular flexibility index (Phi) is 5.32. The van der Waals surface area contributed by atoms with Crippen LogP contribution in [-0.4, -0.2) is 23.4 Å². The Balaban J connectivity index is 1.88. The second-order valence-electron chi connectivity index (χ2n) is 5.89. The number of amides is 1. The summed E-state index contributed by atoms with van der Waals surface area (Å²) in [6.45, 7) is 2.00. The van der Waals surface area contributed by atoms with Crippen molar-refractivity contribution in [2.75, 3.05) is 11.9 Å². The van der Waals surface area contributed by atoms with Crippen LogP contribution in [0.4, 0.5) is 10.7 Å². The predicted octanol–water partition coefficient (Wildman–Crippen LogP) is 3.96. The molecule has 1 aromatic heterocycles. The molecule has 0 fully saturated rings. The summed E-state index contributed by atoms with van der Waals surface area (Å²) >= 11 is 1.41. The summed E-state index contributed by atoms with van der Waals surface area (Å²) in [4.78, 5) is 36.2. The van der Waals surface area contributed by atoms with E-state index in [9.17, 15) is 19.7 Å². The number of nitrogens with one attached hydrogen (secondary N) is 1. The molecule has 0 unspecified atom stereocenters. The zero-order chi connectivity index (χ0) is 18.7. The van der Waals surface area contributed by atoms with Crippen LogP contribution in [0.25, 0.3) is 0 Å². The highest BCUT2D eigenvalue weighted by atomic mass is 32.1. The molecule has 7 nitrogen and oxygen atoms in total. The highest BCUT2D eigenvalue weighted by Crippen LogP contribution is 2.38. The number of hydrogen-bond donors (Lipinski definition) is 1. The Bertz CT molecular complexity index is 857. The molecule has 0 atom stereocenters. The smallest absolute Gasteiger partial charge is 0.341 e. The van der Waals surface area contributed by atoms with E-state index in [2.05, 4.69) is 5.32 Å². The highest BCUT2D eigenvalue weighted by molar-refractivity contribution is 7.17. The number of non-ortho nitro benzene ring substituents is 1. The molecule has 1 N–H and O–H groups in total. The van der Waals surface area contributed by atoms with Gasteiger partial charge >= 0.3 is 5.97 Å². The summed E-state index contributed by atoms with van der Waals surface area (Å²) in [5.41, 5.74) is 1.62. The molecule has 1 heterocycles. The van der Waals surface area contributed by atoms with E-state index in [1.54, 1.807) is 6.92 Å². The van der Waals surface area contributed by atoms with E-state index in [1.165, 1.54) is 35.6 Å². The lowest BCUT2D eigenvalue weighted by Crippen LogP contribution is -2.15. The predicted molar refractivity (Wildman–Crippen MR) is 98.0 cm³/mol. The van der Waals surface area contributed by atoms with Gasteiger partial charge in [0.15, 0.2) is 0 Å². The third kappa shape index (κ3) is 3.60. The van der Waals surface area contributed by atoms with Gasteiger partial charge < -0.3 is 10.1 Å². The second-order valence-corrected chi connectivity index (χ2v) is 7.00. The SMILES string of the molecule is CCOC(=O)c1c(NC(=O)c2ccc([N+](=O)[O-])cc2)sc2c1CCCC2. The van der Waals surface area contributed by atoms with Gasteiger partial charge in [0.2, 0.25) is 0 Å². The van der Waals surface area contributed by atoms with E-state index in [-0.39, 0.29) is 17.9 Å². The number of nitrogens with zero attached hydrogens (tertiary/aromatic N) is 1. The summed E-state index contributed by atoms with van der Waals surface area (Å²) < 4.78 is 5.16. The third-order valence-electron chi connectivity index (χ3n) is 4.22. The molecular weight excluding hydrogens is 356 g/mol. The van der Waals surface area contributed by atoms with Crippen LogP contribution >= 0.6 is 11.3 Å². The number of esters is 1. The number of hydrogen-bond acceptors (Lipinski definition) is 6. The van der Waals surface area contributed by atoms with Gasteiger partial charge in [-0.05, 0) is 50.3 Å². The number of nitro groups is 1. The molecule has 1 aliphatic carbocycles. The van der Waals surface area contributed by atoms with Crippen LogP contribution in [-0.2, 0) is 17.6 Å². The molecule has 0 saturated heterocycles. The van der Waals surface area contributed by atoms with Crippen LogP contribution in [0.15, 0.2) is 24.3 Å². The number of aryl methyl sites for hydroxylation is 1. The van der Waals surface area contributed by atoms with Gasteiger partial charge in [0.1, 0.15) is 5.00 Å².